The number of rotatable bonds is 7. The highest BCUT2D eigenvalue weighted by Gasteiger charge is 2.34. The van der Waals surface area contributed by atoms with Crippen molar-refractivity contribution in [2.45, 2.75) is 69.9 Å². The molecule has 1 aromatic carbocycles. The van der Waals surface area contributed by atoms with E-state index in [2.05, 4.69) is 10.6 Å². The summed E-state index contributed by atoms with van der Waals surface area (Å²) in [4.78, 5) is 36.4. The average molecular weight is 421 g/mol. The van der Waals surface area contributed by atoms with Crippen LogP contribution < -0.4 is 10.6 Å². The molecular weight excluding hydrogens is 392 g/mol. The molecule has 3 rings (SSSR count). The molecule has 0 radical (unpaired) electrons. The lowest BCUT2D eigenvalue weighted by Gasteiger charge is -2.39. The standard InChI is InChI=1S/C22H29ClN2O4/c23-17-7-3-6-16(12-17)21(28)25-19(10-11-20(26)27)22(29)24-18-9-8-14-4-1-2-5-15(14)13-18/h3,6-7,12,14-15,18-19H,1-2,4-5,8-11,13H2,(H,24,29)(H,25,28)(H,26,27)/t14?,15?,18?,19-/m1/s1. The molecule has 2 saturated carbocycles. The summed E-state index contributed by atoms with van der Waals surface area (Å²) in [5.41, 5.74) is 0.341. The van der Waals surface area contributed by atoms with E-state index < -0.39 is 17.9 Å². The highest BCUT2D eigenvalue weighted by atomic mass is 35.5. The summed E-state index contributed by atoms with van der Waals surface area (Å²) in [6.07, 6.45) is 8.00. The molecule has 2 aliphatic rings. The molecule has 2 amide bonds. The number of halogens is 1. The van der Waals surface area contributed by atoms with Gasteiger partial charge in [-0.3, -0.25) is 14.4 Å². The fourth-order valence-electron chi connectivity index (χ4n) is 4.71. The minimum Gasteiger partial charge on any atom is -0.481 e. The zero-order valence-corrected chi connectivity index (χ0v) is 17.3. The van der Waals surface area contributed by atoms with Crippen molar-refractivity contribution in [2.24, 2.45) is 11.8 Å². The van der Waals surface area contributed by atoms with E-state index in [1.165, 1.54) is 31.7 Å². The van der Waals surface area contributed by atoms with Crippen molar-refractivity contribution in [2.75, 3.05) is 0 Å². The van der Waals surface area contributed by atoms with Gasteiger partial charge in [0.05, 0.1) is 0 Å². The Morgan fingerprint density at radius 3 is 2.59 bits per heavy atom. The lowest BCUT2D eigenvalue weighted by molar-refractivity contribution is -0.137. The quantitative estimate of drug-likeness (QED) is 0.625. The van der Waals surface area contributed by atoms with Crippen molar-refractivity contribution in [1.82, 2.24) is 10.6 Å². The van der Waals surface area contributed by atoms with Crippen molar-refractivity contribution in [3.05, 3.63) is 34.9 Å². The van der Waals surface area contributed by atoms with E-state index in [0.29, 0.717) is 16.5 Å². The molecule has 2 aliphatic carbocycles. The Morgan fingerprint density at radius 1 is 1.10 bits per heavy atom. The molecule has 7 heteroatoms. The first-order chi connectivity index (χ1) is 13.9. The van der Waals surface area contributed by atoms with E-state index in [1.807, 2.05) is 0 Å². The Hall–Kier alpha value is -2.08. The van der Waals surface area contributed by atoms with E-state index in [4.69, 9.17) is 16.7 Å². The van der Waals surface area contributed by atoms with Crippen molar-refractivity contribution in [3.8, 4) is 0 Å². The maximum atomic E-state index is 12.9. The number of carboxylic acids is 1. The topological polar surface area (TPSA) is 95.5 Å². The fourth-order valence-corrected chi connectivity index (χ4v) is 4.90. The Labute approximate surface area is 176 Å². The Kier molecular flexibility index (Phi) is 7.53. The van der Waals surface area contributed by atoms with Crippen molar-refractivity contribution in [3.63, 3.8) is 0 Å². The molecule has 3 N–H and O–H groups in total. The summed E-state index contributed by atoms with van der Waals surface area (Å²) in [6, 6.07) is 5.66. The summed E-state index contributed by atoms with van der Waals surface area (Å²) in [6.45, 7) is 0. The summed E-state index contributed by atoms with van der Waals surface area (Å²) < 4.78 is 0. The van der Waals surface area contributed by atoms with E-state index in [-0.39, 0.29) is 24.8 Å². The van der Waals surface area contributed by atoms with Crippen LogP contribution in [0.3, 0.4) is 0 Å². The van der Waals surface area contributed by atoms with Crippen LogP contribution in [-0.2, 0) is 9.59 Å². The molecule has 6 nitrogen and oxygen atoms in total. The number of amides is 2. The average Bonchev–Trinajstić information content (AvgIpc) is 2.70. The maximum absolute atomic E-state index is 12.9. The van der Waals surface area contributed by atoms with E-state index in [1.54, 1.807) is 18.2 Å². The molecule has 29 heavy (non-hydrogen) atoms. The Morgan fingerprint density at radius 2 is 1.86 bits per heavy atom. The molecule has 0 heterocycles. The molecule has 0 spiro atoms. The van der Waals surface area contributed by atoms with Crippen LogP contribution >= 0.6 is 11.6 Å². The number of aliphatic carboxylic acids is 1. The van der Waals surface area contributed by atoms with Crippen LogP contribution in [0.15, 0.2) is 24.3 Å². The van der Waals surface area contributed by atoms with Gasteiger partial charge in [-0.25, -0.2) is 0 Å². The number of benzene rings is 1. The van der Waals surface area contributed by atoms with Crippen molar-refractivity contribution < 1.29 is 19.5 Å². The van der Waals surface area contributed by atoms with E-state index >= 15 is 0 Å². The second-order valence-electron chi connectivity index (χ2n) is 8.29. The highest BCUT2D eigenvalue weighted by Crippen LogP contribution is 2.40. The summed E-state index contributed by atoms with van der Waals surface area (Å²) in [5, 5.41) is 15.2. The maximum Gasteiger partial charge on any atom is 0.303 e. The number of hydrogen-bond donors (Lipinski definition) is 3. The van der Waals surface area contributed by atoms with Gasteiger partial charge in [0, 0.05) is 23.0 Å². The van der Waals surface area contributed by atoms with Crippen molar-refractivity contribution in [1.29, 1.82) is 0 Å². The number of fused-ring (bicyclic) bond motifs is 1. The molecule has 2 fully saturated rings. The first-order valence-corrected chi connectivity index (χ1v) is 10.9. The van der Waals surface area contributed by atoms with Gasteiger partial charge in [-0.15, -0.1) is 0 Å². The molecule has 0 aliphatic heterocycles. The Balaban J connectivity index is 1.61. The van der Waals surface area contributed by atoms with Gasteiger partial charge in [-0.2, -0.15) is 0 Å². The number of carbonyl (C=O) groups excluding carboxylic acids is 2. The third-order valence-electron chi connectivity index (χ3n) is 6.24. The number of nitrogens with one attached hydrogen (secondary N) is 2. The van der Waals surface area contributed by atoms with Gasteiger partial charge >= 0.3 is 5.97 Å². The molecule has 4 atom stereocenters. The van der Waals surface area contributed by atoms with Gasteiger partial charge in [-0.1, -0.05) is 43.4 Å². The normalized spacial score (nSPS) is 24.8. The number of hydrogen-bond acceptors (Lipinski definition) is 3. The molecule has 0 saturated heterocycles. The first kappa shape index (κ1) is 21.6. The summed E-state index contributed by atoms with van der Waals surface area (Å²) in [7, 11) is 0. The largest absolute Gasteiger partial charge is 0.481 e. The smallest absolute Gasteiger partial charge is 0.303 e. The van der Waals surface area contributed by atoms with Crippen LogP contribution in [0, 0.1) is 11.8 Å². The number of carboxylic acid groups (broad SMARTS) is 1. The van der Waals surface area contributed by atoms with Crippen molar-refractivity contribution >= 4 is 29.4 Å². The van der Waals surface area contributed by atoms with Crippen LogP contribution in [0.1, 0.15) is 68.1 Å². The molecule has 158 valence electrons. The second kappa shape index (κ2) is 10.1. The van der Waals surface area contributed by atoms with Crippen LogP contribution in [0.2, 0.25) is 5.02 Å². The predicted molar refractivity (Wildman–Crippen MR) is 111 cm³/mol. The van der Waals surface area contributed by atoms with E-state index in [0.717, 1.165) is 25.2 Å². The third-order valence-corrected chi connectivity index (χ3v) is 6.48. The van der Waals surface area contributed by atoms with Gasteiger partial charge in [0.15, 0.2) is 0 Å². The third kappa shape index (κ3) is 6.20. The SMILES string of the molecule is O=C(O)CC[C@@H](NC(=O)c1cccc(Cl)c1)C(=O)NC1CCC2CCCCC2C1. The molecular formula is C22H29ClN2O4. The summed E-state index contributed by atoms with van der Waals surface area (Å²) in [5.74, 6) is -0.291. The van der Waals surface area contributed by atoms with Crippen LogP contribution in [-0.4, -0.2) is 35.0 Å². The first-order valence-electron chi connectivity index (χ1n) is 10.5. The molecule has 1 aromatic rings. The van der Waals surface area contributed by atoms with E-state index in [9.17, 15) is 14.4 Å². The minimum atomic E-state index is -0.998. The fraction of sp³-hybridized carbons (Fsp3) is 0.591. The monoisotopic (exact) mass is 420 g/mol. The minimum absolute atomic E-state index is 0.0479. The van der Waals surface area contributed by atoms with Gasteiger partial charge in [-0.05, 0) is 55.7 Å². The zero-order chi connectivity index (χ0) is 20.8. The molecule has 0 bridgehead atoms. The molecule has 3 unspecified atom stereocenters. The lowest BCUT2D eigenvalue weighted by atomic mass is 9.69. The molecule has 0 aromatic heterocycles. The number of carbonyl (C=O) groups is 3. The van der Waals surface area contributed by atoms with Gasteiger partial charge in [0.1, 0.15) is 6.04 Å². The van der Waals surface area contributed by atoms with Gasteiger partial charge in [0.25, 0.3) is 5.91 Å². The highest BCUT2D eigenvalue weighted by molar-refractivity contribution is 6.31. The van der Waals surface area contributed by atoms with Gasteiger partial charge in [0.2, 0.25) is 5.91 Å². The van der Waals surface area contributed by atoms with Crippen LogP contribution in [0.4, 0.5) is 0 Å². The summed E-state index contributed by atoms with van der Waals surface area (Å²) >= 11 is 5.94. The van der Waals surface area contributed by atoms with Crippen LogP contribution in [0.5, 0.6) is 0 Å². The lowest BCUT2D eigenvalue weighted by Crippen LogP contribution is -2.51. The Bertz CT molecular complexity index is 754. The second-order valence-corrected chi connectivity index (χ2v) is 8.73. The zero-order valence-electron chi connectivity index (χ0n) is 16.5. The van der Waals surface area contributed by atoms with Crippen LogP contribution in [0.25, 0.3) is 0 Å². The van der Waals surface area contributed by atoms with Gasteiger partial charge < -0.3 is 15.7 Å². The predicted octanol–water partition coefficient (Wildman–Crippen LogP) is 3.78.